The maximum Gasteiger partial charge on any atom is 0.313 e. The van der Waals surface area contributed by atoms with E-state index in [2.05, 4.69) is 26.0 Å². The van der Waals surface area contributed by atoms with Crippen LogP contribution in [0.4, 0.5) is 0 Å². The van der Waals surface area contributed by atoms with Gasteiger partial charge in [0, 0.05) is 12.8 Å². The van der Waals surface area contributed by atoms with Gasteiger partial charge < -0.3 is 4.74 Å². The average Bonchev–Trinajstić information content (AvgIpc) is 3.22. The first kappa shape index (κ1) is 56.9. The summed E-state index contributed by atoms with van der Waals surface area (Å²) in [7, 11) is 0. The summed E-state index contributed by atoms with van der Waals surface area (Å²) < 4.78 is 5.07. The number of ether oxygens (including phenoxy) is 1. The molecule has 344 valence electrons. The highest BCUT2D eigenvalue weighted by Crippen LogP contribution is 2.18. The second-order valence-electron chi connectivity index (χ2n) is 18.6. The van der Waals surface area contributed by atoms with Crippen molar-refractivity contribution in [2.45, 2.75) is 328 Å². The van der Waals surface area contributed by atoms with Gasteiger partial charge in [-0.2, -0.15) is 0 Å². The van der Waals surface area contributed by atoms with Crippen molar-refractivity contribution in [3.63, 3.8) is 0 Å². The van der Waals surface area contributed by atoms with Crippen LogP contribution in [0.5, 0.6) is 0 Å². The van der Waals surface area contributed by atoms with Crippen molar-refractivity contribution in [2.24, 2.45) is 0 Å². The lowest BCUT2D eigenvalue weighted by molar-refractivity contribution is -0.159. The van der Waals surface area contributed by atoms with Gasteiger partial charge in [0.25, 0.3) is 0 Å². The Morgan fingerprint density at radius 3 is 0.638 bits per heavy atom. The molecule has 0 unspecified atom stereocenters. The largest absolute Gasteiger partial charge is 0.393 e. The van der Waals surface area contributed by atoms with Crippen molar-refractivity contribution >= 4 is 11.9 Å². The first-order chi connectivity index (χ1) is 28.7. The highest BCUT2D eigenvalue weighted by atomic mass is 16.6. The molecule has 0 fully saturated rings. The minimum atomic E-state index is -0.323. The van der Waals surface area contributed by atoms with Crippen molar-refractivity contribution in [1.82, 2.24) is 0 Å². The number of hydrogen-bond donors (Lipinski definition) is 0. The van der Waals surface area contributed by atoms with Gasteiger partial charge in [-0.1, -0.05) is 289 Å². The topological polar surface area (TPSA) is 43.4 Å². The molecule has 58 heavy (non-hydrogen) atoms. The van der Waals surface area contributed by atoms with E-state index in [1.807, 2.05) is 0 Å². The Bertz CT molecular complexity index is 818. The number of esters is 2. The minimum Gasteiger partial charge on any atom is -0.393 e. The predicted molar refractivity (Wildman–Crippen MR) is 258 cm³/mol. The third-order valence-electron chi connectivity index (χ3n) is 12.6. The highest BCUT2D eigenvalue weighted by Gasteiger charge is 2.10. The van der Waals surface area contributed by atoms with E-state index in [0.717, 1.165) is 25.7 Å². The van der Waals surface area contributed by atoms with Crippen molar-refractivity contribution < 1.29 is 14.3 Å². The molecule has 0 aliphatic carbocycles. The maximum absolute atomic E-state index is 12.1. The van der Waals surface area contributed by atoms with Crippen LogP contribution in [0.25, 0.3) is 0 Å². The summed E-state index contributed by atoms with van der Waals surface area (Å²) in [6.07, 6.45) is 69.2. The first-order valence-electron chi connectivity index (χ1n) is 27.1. The predicted octanol–water partition coefficient (Wildman–Crippen LogP) is 19.8. The van der Waals surface area contributed by atoms with E-state index in [-0.39, 0.29) is 11.9 Å². The van der Waals surface area contributed by atoms with Crippen molar-refractivity contribution in [3.8, 4) is 0 Å². The molecule has 0 spiro atoms. The SMILES string of the molecule is CCCCCCCC/C=C\CCCCCCCCCCCC(=O)OC(=O)CCCCCCCCCCCCCCCCCCCCCCCCCCCCCCCC. The normalized spacial score (nSPS) is 11.6. The first-order valence-corrected chi connectivity index (χ1v) is 27.1. The molecule has 0 rings (SSSR count). The van der Waals surface area contributed by atoms with Gasteiger partial charge in [0.1, 0.15) is 0 Å². The Morgan fingerprint density at radius 2 is 0.431 bits per heavy atom. The summed E-state index contributed by atoms with van der Waals surface area (Å²) in [4.78, 5) is 24.1. The van der Waals surface area contributed by atoms with Crippen LogP contribution in [0.3, 0.4) is 0 Å². The highest BCUT2D eigenvalue weighted by molar-refractivity contribution is 5.85. The van der Waals surface area contributed by atoms with Gasteiger partial charge in [-0.05, 0) is 38.5 Å². The Labute approximate surface area is 365 Å². The zero-order chi connectivity index (χ0) is 41.9. The van der Waals surface area contributed by atoms with E-state index < -0.39 is 0 Å². The van der Waals surface area contributed by atoms with Crippen molar-refractivity contribution in [3.05, 3.63) is 12.2 Å². The molecule has 0 aromatic carbocycles. The fourth-order valence-electron chi connectivity index (χ4n) is 8.57. The summed E-state index contributed by atoms with van der Waals surface area (Å²) >= 11 is 0. The van der Waals surface area contributed by atoms with Crippen molar-refractivity contribution in [2.75, 3.05) is 0 Å². The minimum absolute atomic E-state index is 0.321. The van der Waals surface area contributed by atoms with E-state index in [9.17, 15) is 9.59 Å². The number of allylic oxidation sites excluding steroid dienone is 2. The summed E-state index contributed by atoms with van der Waals surface area (Å²) in [6, 6.07) is 0. The van der Waals surface area contributed by atoms with E-state index >= 15 is 0 Å². The summed E-state index contributed by atoms with van der Waals surface area (Å²) in [5.74, 6) is -0.643. The van der Waals surface area contributed by atoms with Gasteiger partial charge >= 0.3 is 11.9 Å². The van der Waals surface area contributed by atoms with Crippen LogP contribution < -0.4 is 0 Å². The number of carbonyl (C=O) groups excluding carboxylic acids is 2. The van der Waals surface area contributed by atoms with E-state index in [1.54, 1.807) is 0 Å². The molecule has 3 nitrogen and oxygen atoms in total. The lowest BCUT2D eigenvalue weighted by atomic mass is 10.0. The van der Waals surface area contributed by atoms with Crippen LogP contribution in [0.15, 0.2) is 12.2 Å². The number of unbranched alkanes of at least 4 members (excludes halogenated alkanes) is 44. The summed E-state index contributed by atoms with van der Waals surface area (Å²) in [5.41, 5.74) is 0. The summed E-state index contributed by atoms with van der Waals surface area (Å²) in [5, 5.41) is 0. The molecule has 0 aliphatic heterocycles. The van der Waals surface area contributed by atoms with Gasteiger partial charge in [0.2, 0.25) is 0 Å². The lowest BCUT2D eigenvalue weighted by Gasteiger charge is -2.05. The number of carbonyl (C=O) groups is 2. The zero-order valence-corrected chi connectivity index (χ0v) is 40.0. The fraction of sp³-hybridized carbons (Fsp3) is 0.927. The molecule has 0 saturated carbocycles. The molecule has 0 amide bonds. The molecule has 0 aromatic rings. The van der Waals surface area contributed by atoms with Crippen molar-refractivity contribution in [1.29, 1.82) is 0 Å². The van der Waals surface area contributed by atoms with Gasteiger partial charge in [-0.25, -0.2) is 0 Å². The molecule has 0 aromatic heterocycles. The third-order valence-corrected chi connectivity index (χ3v) is 12.6. The smallest absolute Gasteiger partial charge is 0.313 e. The zero-order valence-electron chi connectivity index (χ0n) is 40.0. The number of rotatable bonds is 50. The maximum atomic E-state index is 12.1. The van der Waals surface area contributed by atoms with Gasteiger partial charge in [0.15, 0.2) is 0 Å². The van der Waals surface area contributed by atoms with Crippen LogP contribution in [0.1, 0.15) is 328 Å². The van der Waals surface area contributed by atoms with E-state index in [1.165, 1.54) is 276 Å². The Hall–Kier alpha value is -1.12. The molecule has 0 heterocycles. The molecular weight excluding hydrogens is 709 g/mol. The van der Waals surface area contributed by atoms with Gasteiger partial charge in [0.05, 0.1) is 0 Å². The molecule has 0 bridgehead atoms. The van der Waals surface area contributed by atoms with E-state index in [0.29, 0.717) is 12.8 Å². The molecule has 0 atom stereocenters. The number of hydrogen-bond acceptors (Lipinski definition) is 3. The van der Waals surface area contributed by atoms with Crippen LogP contribution in [0, 0.1) is 0 Å². The standard InChI is InChI=1S/C55H106O3/c1-3-5-7-9-11-13-15-17-19-21-23-24-25-26-27-28-29-30-31-32-33-35-37-39-41-43-45-47-49-51-53-55(57)58-54(56)52-50-48-46-44-42-40-38-36-34-22-20-18-16-14-12-10-8-6-4-2/h18,20H,3-17,19,21-53H2,1-2H3/b20-18-. The second kappa shape index (κ2) is 52.0. The van der Waals surface area contributed by atoms with Gasteiger partial charge in [-0.15, -0.1) is 0 Å². The van der Waals surface area contributed by atoms with Crippen LogP contribution in [-0.4, -0.2) is 11.9 Å². The van der Waals surface area contributed by atoms with E-state index in [4.69, 9.17) is 4.74 Å². The average molecular weight is 815 g/mol. The molecule has 3 heteroatoms. The molecule has 0 aliphatic rings. The Morgan fingerprint density at radius 1 is 0.259 bits per heavy atom. The van der Waals surface area contributed by atoms with Crippen LogP contribution >= 0.6 is 0 Å². The monoisotopic (exact) mass is 815 g/mol. The lowest BCUT2D eigenvalue weighted by Crippen LogP contribution is -2.11. The summed E-state index contributed by atoms with van der Waals surface area (Å²) in [6.45, 7) is 4.58. The fourth-order valence-corrected chi connectivity index (χ4v) is 8.57. The third kappa shape index (κ3) is 51.0. The second-order valence-corrected chi connectivity index (χ2v) is 18.6. The molecule has 0 radical (unpaired) electrons. The quantitative estimate of drug-likeness (QED) is 0.0266. The Kier molecular flexibility index (Phi) is 51.0. The van der Waals surface area contributed by atoms with Crippen LogP contribution in [-0.2, 0) is 14.3 Å². The molecule has 0 saturated heterocycles. The Balaban J connectivity index is 3.24. The van der Waals surface area contributed by atoms with Gasteiger partial charge in [-0.3, -0.25) is 9.59 Å². The van der Waals surface area contributed by atoms with Crippen LogP contribution in [0.2, 0.25) is 0 Å². The molecular formula is C55H106O3. The molecule has 0 N–H and O–H groups in total.